The highest BCUT2D eigenvalue weighted by Gasteiger charge is 2.33. The Morgan fingerprint density at radius 2 is 2.18 bits per heavy atom. The molecule has 17 heavy (non-hydrogen) atoms. The second-order valence-corrected chi connectivity index (χ2v) is 4.04. The standard InChI is InChI=1S/C11H20N2O4/c1-2-17-7-3-6-12-11(16)13(8-10(14)15)9-4-5-9/h9H,2-8H2,1H3,(H,12,16)(H,14,15). The maximum absolute atomic E-state index is 11.7. The summed E-state index contributed by atoms with van der Waals surface area (Å²) in [6.45, 7) is 3.49. The summed E-state index contributed by atoms with van der Waals surface area (Å²) in [5, 5.41) is 11.4. The van der Waals surface area contributed by atoms with E-state index in [0.717, 1.165) is 19.3 Å². The molecule has 0 aliphatic heterocycles. The zero-order chi connectivity index (χ0) is 12.7. The Balaban J connectivity index is 2.20. The van der Waals surface area contributed by atoms with E-state index in [0.29, 0.717) is 19.8 Å². The summed E-state index contributed by atoms with van der Waals surface area (Å²) in [6, 6.07) is -0.176. The van der Waals surface area contributed by atoms with Gasteiger partial charge in [0.25, 0.3) is 0 Å². The van der Waals surface area contributed by atoms with Crippen LogP contribution in [0.5, 0.6) is 0 Å². The van der Waals surface area contributed by atoms with E-state index in [1.165, 1.54) is 4.90 Å². The Bertz CT molecular complexity index is 266. The molecule has 98 valence electrons. The van der Waals surface area contributed by atoms with Gasteiger partial charge >= 0.3 is 12.0 Å². The third-order valence-corrected chi connectivity index (χ3v) is 2.50. The number of carboxylic acid groups (broad SMARTS) is 1. The number of aliphatic carboxylic acids is 1. The predicted octanol–water partition coefficient (Wildman–Crippen LogP) is 0.672. The van der Waals surface area contributed by atoms with Crippen LogP contribution >= 0.6 is 0 Å². The van der Waals surface area contributed by atoms with Crippen LogP contribution in [0.1, 0.15) is 26.2 Å². The third kappa shape index (κ3) is 5.53. The van der Waals surface area contributed by atoms with Crippen LogP contribution in [0.15, 0.2) is 0 Å². The Kier molecular flexibility index (Phi) is 5.76. The van der Waals surface area contributed by atoms with Crippen molar-refractivity contribution in [2.45, 2.75) is 32.2 Å². The molecule has 1 aliphatic rings. The first-order valence-corrected chi connectivity index (χ1v) is 5.99. The highest BCUT2D eigenvalue weighted by Crippen LogP contribution is 2.26. The first-order chi connectivity index (χ1) is 8.15. The number of hydrogen-bond donors (Lipinski definition) is 2. The first-order valence-electron chi connectivity index (χ1n) is 5.99. The molecule has 0 saturated heterocycles. The number of ether oxygens (including phenoxy) is 1. The molecule has 1 rings (SSSR count). The molecule has 0 aromatic carbocycles. The van der Waals surface area contributed by atoms with Gasteiger partial charge in [0.05, 0.1) is 0 Å². The summed E-state index contributed by atoms with van der Waals surface area (Å²) in [6.07, 6.45) is 2.55. The molecule has 0 radical (unpaired) electrons. The van der Waals surface area contributed by atoms with Gasteiger partial charge in [-0.25, -0.2) is 4.79 Å². The van der Waals surface area contributed by atoms with Gasteiger partial charge in [-0.1, -0.05) is 0 Å². The van der Waals surface area contributed by atoms with Crippen molar-refractivity contribution in [3.63, 3.8) is 0 Å². The fraction of sp³-hybridized carbons (Fsp3) is 0.818. The zero-order valence-corrected chi connectivity index (χ0v) is 10.1. The van der Waals surface area contributed by atoms with E-state index >= 15 is 0 Å². The maximum atomic E-state index is 11.7. The van der Waals surface area contributed by atoms with Gasteiger partial charge in [0.1, 0.15) is 6.54 Å². The maximum Gasteiger partial charge on any atom is 0.323 e. The minimum atomic E-state index is -0.971. The average Bonchev–Trinajstić information content (AvgIpc) is 3.09. The molecular weight excluding hydrogens is 224 g/mol. The van der Waals surface area contributed by atoms with E-state index in [1.54, 1.807) is 0 Å². The van der Waals surface area contributed by atoms with Gasteiger partial charge in [0.15, 0.2) is 0 Å². The second kappa shape index (κ2) is 7.11. The molecule has 1 fully saturated rings. The van der Waals surface area contributed by atoms with Crippen LogP contribution in [-0.4, -0.2) is 54.4 Å². The van der Waals surface area contributed by atoms with Gasteiger partial charge in [-0.05, 0) is 26.2 Å². The second-order valence-electron chi connectivity index (χ2n) is 4.04. The highest BCUT2D eigenvalue weighted by atomic mass is 16.5. The SMILES string of the molecule is CCOCCCNC(=O)N(CC(=O)O)C1CC1. The lowest BCUT2D eigenvalue weighted by Crippen LogP contribution is -2.44. The quantitative estimate of drug-likeness (QED) is 0.615. The molecule has 0 unspecified atom stereocenters. The first kappa shape index (κ1) is 13.8. The highest BCUT2D eigenvalue weighted by molar-refractivity contribution is 5.80. The fourth-order valence-corrected chi connectivity index (χ4v) is 1.51. The summed E-state index contributed by atoms with van der Waals surface area (Å²) in [5.74, 6) is -0.971. The molecule has 6 nitrogen and oxygen atoms in total. The smallest absolute Gasteiger partial charge is 0.323 e. The molecule has 6 heteroatoms. The number of carbonyl (C=O) groups is 2. The molecule has 2 amide bonds. The summed E-state index contributed by atoms with van der Waals surface area (Å²) in [5.41, 5.74) is 0. The van der Waals surface area contributed by atoms with E-state index in [-0.39, 0.29) is 18.6 Å². The van der Waals surface area contributed by atoms with Gasteiger partial charge in [0.2, 0.25) is 0 Å². The van der Waals surface area contributed by atoms with Crippen molar-refractivity contribution in [2.75, 3.05) is 26.3 Å². The molecule has 0 heterocycles. The molecule has 0 aromatic heterocycles. The predicted molar refractivity (Wildman–Crippen MR) is 61.9 cm³/mol. The van der Waals surface area contributed by atoms with E-state index in [2.05, 4.69) is 5.32 Å². The van der Waals surface area contributed by atoms with Crippen molar-refractivity contribution < 1.29 is 19.4 Å². The fourth-order valence-electron chi connectivity index (χ4n) is 1.51. The molecule has 0 atom stereocenters. The van der Waals surface area contributed by atoms with E-state index in [9.17, 15) is 9.59 Å². The van der Waals surface area contributed by atoms with Crippen LogP contribution in [0.4, 0.5) is 4.79 Å². The molecular formula is C11H20N2O4. The normalized spacial score (nSPS) is 14.4. The van der Waals surface area contributed by atoms with Crippen LogP contribution < -0.4 is 5.32 Å². The lowest BCUT2D eigenvalue weighted by Gasteiger charge is -2.20. The molecule has 0 aromatic rings. The number of carbonyl (C=O) groups excluding carboxylic acids is 1. The van der Waals surface area contributed by atoms with Gasteiger partial charge < -0.3 is 20.1 Å². The van der Waals surface area contributed by atoms with Crippen LogP contribution in [0.2, 0.25) is 0 Å². The number of amides is 2. The molecule has 0 spiro atoms. The van der Waals surface area contributed by atoms with E-state index in [1.807, 2.05) is 6.92 Å². The Morgan fingerprint density at radius 3 is 2.71 bits per heavy atom. The van der Waals surface area contributed by atoms with Gasteiger partial charge in [-0.15, -0.1) is 0 Å². The lowest BCUT2D eigenvalue weighted by atomic mass is 10.4. The Morgan fingerprint density at radius 1 is 1.47 bits per heavy atom. The summed E-state index contributed by atoms with van der Waals surface area (Å²) < 4.78 is 5.14. The van der Waals surface area contributed by atoms with Gasteiger partial charge in [-0.2, -0.15) is 0 Å². The average molecular weight is 244 g/mol. The van der Waals surface area contributed by atoms with Gasteiger partial charge in [-0.3, -0.25) is 4.79 Å². The zero-order valence-electron chi connectivity index (χ0n) is 10.1. The number of urea groups is 1. The number of rotatable bonds is 8. The molecule has 1 aliphatic carbocycles. The van der Waals surface area contributed by atoms with Crippen molar-refractivity contribution in [1.82, 2.24) is 10.2 Å². The van der Waals surface area contributed by atoms with Crippen LogP contribution in [-0.2, 0) is 9.53 Å². The number of carboxylic acids is 1. The summed E-state index contributed by atoms with van der Waals surface area (Å²) in [4.78, 5) is 23.7. The van der Waals surface area contributed by atoms with Crippen molar-refractivity contribution in [3.05, 3.63) is 0 Å². The summed E-state index contributed by atoms with van der Waals surface area (Å²) in [7, 11) is 0. The molecule has 1 saturated carbocycles. The minimum absolute atomic E-state index is 0.109. The minimum Gasteiger partial charge on any atom is -0.480 e. The van der Waals surface area contributed by atoms with Crippen molar-refractivity contribution in [3.8, 4) is 0 Å². The van der Waals surface area contributed by atoms with E-state index in [4.69, 9.17) is 9.84 Å². The lowest BCUT2D eigenvalue weighted by molar-refractivity contribution is -0.137. The van der Waals surface area contributed by atoms with Gasteiger partial charge in [0, 0.05) is 25.8 Å². The van der Waals surface area contributed by atoms with Crippen LogP contribution in [0.3, 0.4) is 0 Å². The Hall–Kier alpha value is -1.30. The summed E-state index contributed by atoms with van der Waals surface area (Å²) >= 11 is 0. The van der Waals surface area contributed by atoms with E-state index < -0.39 is 5.97 Å². The van der Waals surface area contributed by atoms with Crippen molar-refractivity contribution in [2.24, 2.45) is 0 Å². The third-order valence-electron chi connectivity index (χ3n) is 2.50. The Labute approximate surface area is 101 Å². The topological polar surface area (TPSA) is 78.9 Å². The molecule has 0 bridgehead atoms. The molecule has 2 N–H and O–H groups in total. The number of hydrogen-bond acceptors (Lipinski definition) is 3. The van der Waals surface area contributed by atoms with Crippen molar-refractivity contribution >= 4 is 12.0 Å². The monoisotopic (exact) mass is 244 g/mol. The number of nitrogens with zero attached hydrogens (tertiary/aromatic N) is 1. The van der Waals surface area contributed by atoms with Crippen molar-refractivity contribution in [1.29, 1.82) is 0 Å². The van der Waals surface area contributed by atoms with Crippen LogP contribution in [0.25, 0.3) is 0 Å². The number of nitrogens with one attached hydrogen (secondary N) is 1. The van der Waals surface area contributed by atoms with Crippen LogP contribution in [0, 0.1) is 0 Å². The largest absolute Gasteiger partial charge is 0.480 e.